The van der Waals surface area contributed by atoms with E-state index in [4.69, 9.17) is 0 Å². The fraction of sp³-hybridized carbons (Fsp3) is 0.538. The molecule has 102 valence electrons. The predicted molar refractivity (Wildman–Crippen MR) is 83.9 cm³/mol. The fourth-order valence-corrected chi connectivity index (χ4v) is 4.05. The highest BCUT2D eigenvalue weighted by Gasteiger charge is 2.32. The van der Waals surface area contributed by atoms with Crippen molar-refractivity contribution in [3.63, 3.8) is 0 Å². The Morgan fingerprint density at radius 2 is 2.26 bits per heavy atom. The van der Waals surface area contributed by atoms with Crippen LogP contribution in [0.3, 0.4) is 0 Å². The number of anilines is 1. The molecule has 0 radical (unpaired) electrons. The van der Waals surface area contributed by atoms with Crippen LogP contribution in [0.1, 0.15) is 25.7 Å². The van der Waals surface area contributed by atoms with Gasteiger partial charge in [-0.1, -0.05) is 12.8 Å². The van der Waals surface area contributed by atoms with E-state index in [-0.39, 0.29) is 0 Å². The van der Waals surface area contributed by atoms with E-state index in [1.54, 1.807) is 6.20 Å². The number of nitrogens with one attached hydrogen (secondary N) is 1. The van der Waals surface area contributed by atoms with E-state index in [1.165, 1.54) is 25.7 Å². The lowest BCUT2D eigenvalue weighted by Gasteiger charge is -2.27. The molecule has 2 heterocycles. The number of rotatable bonds is 4. The van der Waals surface area contributed by atoms with E-state index in [9.17, 15) is 0 Å². The van der Waals surface area contributed by atoms with Crippen molar-refractivity contribution in [2.24, 2.45) is 0 Å². The van der Waals surface area contributed by atoms with Gasteiger partial charge in [-0.2, -0.15) is 11.8 Å². The van der Waals surface area contributed by atoms with E-state index >= 15 is 0 Å². The minimum absolute atomic E-state index is 0.369. The average molecular weight is 341 g/mol. The summed E-state index contributed by atoms with van der Waals surface area (Å²) in [6, 6.07) is 0. The highest BCUT2D eigenvalue weighted by Crippen LogP contribution is 2.40. The van der Waals surface area contributed by atoms with Crippen molar-refractivity contribution in [2.75, 3.05) is 18.1 Å². The summed E-state index contributed by atoms with van der Waals surface area (Å²) in [7, 11) is 0. The van der Waals surface area contributed by atoms with Crippen molar-refractivity contribution < 1.29 is 0 Å². The molecule has 0 aliphatic heterocycles. The van der Waals surface area contributed by atoms with Crippen molar-refractivity contribution in [1.29, 1.82) is 0 Å². The lowest BCUT2D eigenvalue weighted by molar-refractivity contribution is 0.638. The van der Waals surface area contributed by atoms with Crippen molar-refractivity contribution in [3.05, 3.63) is 23.2 Å². The van der Waals surface area contributed by atoms with Crippen molar-refractivity contribution in [1.82, 2.24) is 14.4 Å². The zero-order chi connectivity index (χ0) is 13.3. The van der Waals surface area contributed by atoms with Crippen molar-refractivity contribution >= 4 is 39.2 Å². The van der Waals surface area contributed by atoms with Crippen LogP contribution in [0.4, 0.5) is 5.82 Å². The predicted octanol–water partition coefficient (Wildman–Crippen LogP) is 3.58. The van der Waals surface area contributed by atoms with Crippen LogP contribution in [0.25, 0.3) is 5.65 Å². The highest BCUT2D eigenvalue weighted by atomic mass is 79.9. The monoisotopic (exact) mass is 340 g/mol. The molecule has 0 bridgehead atoms. The minimum atomic E-state index is 0.369. The van der Waals surface area contributed by atoms with Gasteiger partial charge in [0.05, 0.1) is 0 Å². The number of hydrogen-bond donors (Lipinski definition) is 1. The molecule has 0 aromatic carbocycles. The summed E-state index contributed by atoms with van der Waals surface area (Å²) < 4.78 is 3.18. The van der Waals surface area contributed by atoms with Crippen LogP contribution in [0.15, 0.2) is 23.2 Å². The molecule has 1 aliphatic rings. The molecular formula is C13H17BrN4S. The largest absolute Gasteiger partial charge is 0.366 e. The van der Waals surface area contributed by atoms with E-state index < -0.39 is 0 Å². The molecule has 0 saturated heterocycles. The van der Waals surface area contributed by atoms with Crippen LogP contribution in [0.5, 0.6) is 0 Å². The molecule has 1 N–H and O–H groups in total. The smallest absolute Gasteiger partial charge is 0.180 e. The van der Waals surface area contributed by atoms with Gasteiger partial charge in [0.2, 0.25) is 0 Å². The summed E-state index contributed by atoms with van der Waals surface area (Å²) in [5.41, 5.74) is 0.887. The maximum atomic E-state index is 4.51. The third kappa shape index (κ3) is 2.60. The molecule has 0 spiro atoms. The quantitative estimate of drug-likeness (QED) is 0.923. The topological polar surface area (TPSA) is 42.2 Å². The van der Waals surface area contributed by atoms with Crippen molar-refractivity contribution in [3.8, 4) is 0 Å². The number of fused-ring (bicyclic) bond motifs is 1. The van der Waals surface area contributed by atoms with Gasteiger partial charge in [-0.05, 0) is 35.0 Å². The molecule has 4 nitrogen and oxygen atoms in total. The summed E-state index contributed by atoms with van der Waals surface area (Å²) in [5, 5.41) is 3.50. The van der Waals surface area contributed by atoms with Crippen LogP contribution in [-0.2, 0) is 0 Å². The molecule has 0 unspecified atom stereocenters. The Morgan fingerprint density at radius 1 is 1.47 bits per heavy atom. The number of aromatic nitrogens is 3. The zero-order valence-corrected chi connectivity index (χ0v) is 13.3. The maximum absolute atomic E-state index is 4.51. The first-order valence-electron chi connectivity index (χ1n) is 6.51. The van der Waals surface area contributed by atoms with Crippen molar-refractivity contribution in [2.45, 2.75) is 30.4 Å². The molecule has 2 aromatic rings. The summed E-state index contributed by atoms with van der Waals surface area (Å²) in [5.74, 6) is 0.861. The van der Waals surface area contributed by atoms with Crippen LogP contribution < -0.4 is 5.32 Å². The molecule has 6 heteroatoms. The second-order valence-corrected chi connectivity index (χ2v) is 7.10. The van der Waals surface area contributed by atoms with Gasteiger partial charge in [-0.15, -0.1) is 0 Å². The first-order chi connectivity index (χ1) is 9.22. The lowest BCUT2D eigenvalue weighted by Crippen LogP contribution is -2.30. The standard InChI is InChI=1S/C13H17BrN4S/c1-19-13(4-2-3-5-13)9-16-11-12-15-6-7-18(12)8-10(14)17-11/h6-8H,2-5,9H2,1H3,(H,16,17). The number of thioether (sulfide) groups is 1. The Hall–Kier alpha value is -0.750. The third-order valence-electron chi connectivity index (χ3n) is 3.87. The van der Waals surface area contributed by atoms with Crippen LogP contribution in [-0.4, -0.2) is 31.9 Å². The zero-order valence-electron chi connectivity index (χ0n) is 10.9. The summed E-state index contributed by atoms with van der Waals surface area (Å²) in [6.07, 6.45) is 13.1. The number of hydrogen-bond acceptors (Lipinski definition) is 4. The first-order valence-corrected chi connectivity index (χ1v) is 8.52. The fourth-order valence-electron chi connectivity index (χ4n) is 2.74. The molecule has 3 rings (SSSR count). The normalized spacial score (nSPS) is 18.0. The molecule has 1 fully saturated rings. The molecule has 2 aromatic heterocycles. The van der Waals surface area contributed by atoms with Crippen LogP contribution in [0.2, 0.25) is 0 Å². The lowest BCUT2D eigenvalue weighted by atomic mass is 10.1. The third-order valence-corrected chi connectivity index (χ3v) is 5.67. The second-order valence-electron chi connectivity index (χ2n) is 5.02. The van der Waals surface area contributed by atoms with Gasteiger partial charge in [-0.3, -0.25) is 0 Å². The summed E-state index contributed by atoms with van der Waals surface area (Å²) >= 11 is 5.43. The SMILES string of the molecule is CSC1(CNc2nc(Br)cn3ccnc23)CCCC1. The molecule has 1 saturated carbocycles. The Bertz CT molecular complexity index is 577. The Kier molecular flexibility index (Phi) is 3.71. The molecule has 0 atom stereocenters. The first kappa shape index (κ1) is 13.2. The molecular weight excluding hydrogens is 324 g/mol. The van der Waals surface area contributed by atoms with Crippen LogP contribution in [0, 0.1) is 0 Å². The Labute approximate surface area is 125 Å². The van der Waals surface area contributed by atoms with Gasteiger partial charge in [0.15, 0.2) is 11.5 Å². The van der Waals surface area contributed by atoms with Gasteiger partial charge in [-0.25, -0.2) is 9.97 Å². The van der Waals surface area contributed by atoms with Gasteiger partial charge in [0.25, 0.3) is 0 Å². The van der Waals surface area contributed by atoms with Crippen LogP contribution >= 0.6 is 27.7 Å². The number of nitrogens with zero attached hydrogens (tertiary/aromatic N) is 3. The summed E-state index contributed by atoms with van der Waals surface area (Å²) in [4.78, 5) is 8.88. The molecule has 0 amide bonds. The van der Waals surface area contributed by atoms with Gasteiger partial charge in [0.1, 0.15) is 4.60 Å². The Balaban J connectivity index is 1.83. The highest BCUT2D eigenvalue weighted by molar-refractivity contribution is 9.10. The second kappa shape index (κ2) is 5.32. The molecule has 1 aliphatic carbocycles. The minimum Gasteiger partial charge on any atom is -0.366 e. The average Bonchev–Trinajstić information content (AvgIpc) is 3.05. The van der Waals surface area contributed by atoms with E-state index in [0.29, 0.717) is 4.75 Å². The van der Waals surface area contributed by atoms with E-state index in [2.05, 4.69) is 37.5 Å². The summed E-state index contributed by atoms with van der Waals surface area (Å²) in [6.45, 7) is 0.958. The Morgan fingerprint density at radius 3 is 3.00 bits per heavy atom. The van der Waals surface area contributed by atoms with Gasteiger partial charge >= 0.3 is 0 Å². The molecule has 19 heavy (non-hydrogen) atoms. The number of halogens is 1. The van der Waals surface area contributed by atoms with Gasteiger partial charge < -0.3 is 9.72 Å². The number of imidazole rings is 1. The van der Waals surface area contributed by atoms with E-state index in [1.807, 2.05) is 28.6 Å². The maximum Gasteiger partial charge on any atom is 0.180 e. The van der Waals surface area contributed by atoms with E-state index in [0.717, 1.165) is 22.6 Å². The van der Waals surface area contributed by atoms with Gasteiger partial charge in [0, 0.05) is 29.9 Å².